The number of hydrogen-bond acceptors (Lipinski definition) is 3. The molecular weight excluding hydrogens is 272 g/mol. The minimum absolute atomic E-state index is 0.0166. The van der Waals surface area contributed by atoms with Crippen LogP contribution in [0.2, 0.25) is 0 Å². The topological polar surface area (TPSA) is 72.2 Å². The van der Waals surface area contributed by atoms with Crippen molar-refractivity contribution in [3.8, 4) is 0 Å². The van der Waals surface area contributed by atoms with Gasteiger partial charge in [0.05, 0.1) is 5.75 Å². The third kappa shape index (κ3) is 6.03. The van der Waals surface area contributed by atoms with Gasteiger partial charge in [-0.05, 0) is 30.4 Å². The van der Waals surface area contributed by atoms with Crippen molar-refractivity contribution >= 4 is 10.0 Å². The van der Waals surface area contributed by atoms with Crippen LogP contribution in [0.4, 0.5) is 0 Å². The molecular formula is C15H26N2O2S. The van der Waals surface area contributed by atoms with E-state index in [2.05, 4.69) is 18.6 Å². The molecule has 4 nitrogen and oxygen atoms in total. The summed E-state index contributed by atoms with van der Waals surface area (Å²) in [4.78, 5) is 0. The summed E-state index contributed by atoms with van der Waals surface area (Å²) in [7, 11) is -3.29. The molecule has 114 valence electrons. The Bertz CT molecular complexity index is 497. The van der Waals surface area contributed by atoms with Gasteiger partial charge in [-0.25, -0.2) is 13.1 Å². The Kier molecular flexibility index (Phi) is 6.65. The molecule has 0 fully saturated rings. The smallest absolute Gasteiger partial charge is 0.216 e. The zero-order chi connectivity index (χ0) is 15.2. The zero-order valence-electron chi connectivity index (χ0n) is 12.6. The van der Waals surface area contributed by atoms with E-state index < -0.39 is 10.0 Å². The molecule has 1 aromatic rings. The molecule has 2 unspecified atom stereocenters. The number of nitrogens with one attached hydrogen (secondary N) is 1. The van der Waals surface area contributed by atoms with Gasteiger partial charge in [0, 0.05) is 12.6 Å². The maximum Gasteiger partial charge on any atom is 0.216 e. The molecule has 20 heavy (non-hydrogen) atoms. The molecule has 0 heterocycles. The second-order valence-electron chi connectivity index (χ2n) is 5.55. The van der Waals surface area contributed by atoms with Crippen LogP contribution in [0.5, 0.6) is 0 Å². The zero-order valence-corrected chi connectivity index (χ0v) is 13.4. The number of sulfonamides is 1. The fourth-order valence-corrected chi connectivity index (χ4v) is 3.58. The van der Waals surface area contributed by atoms with Crippen molar-refractivity contribution < 1.29 is 8.42 Å². The second kappa shape index (κ2) is 7.76. The number of rotatable bonds is 8. The molecule has 1 aromatic carbocycles. The van der Waals surface area contributed by atoms with Crippen molar-refractivity contribution in [3.05, 3.63) is 35.4 Å². The van der Waals surface area contributed by atoms with Crippen molar-refractivity contribution in [1.82, 2.24) is 4.72 Å². The highest BCUT2D eigenvalue weighted by Gasteiger charge is 2.16. The van der Waals surface area contributed by atoms with Crippen LogP contribution in [0.3, 0.4) is 0 Å². The summed E-state index contributed by atoms with van der Waals surface area (Å²) in [6.07, 6.45) is 1.93. The monoisotopic (exact) mass is 298 g/mol. The van der Waals surface area contributed by atoms with Gasteiger partial charge in [0.15, 0.2) is 0 Å². The van der Waals surface area contributed by atoms with E-state index in [1.807, 2.05) is 31.2 Å². The quantitative estimate of drug-likeness (QED) is 0.774. The molecule has 0 radical (unpaired) electrons. The average molecular weight is 298 g/mol. The van der Waals surface area contributed by atoms with Crippen LogP contribution in [-0.2, 0) is 22.3 Å². The Balaban J connectivity index is 2.60. The normalized spacial score (nSPS) is 15.0. The van der Waals surface area contributed by atoms with Crippen LogP contribution in [0.25, 0.3) is 0 Å². The minimum atomic E-state index is -3.29. The third-order valence-electron chi connectivity index (χ3n) is 3.45. The first kappa shape index (κ1) is 17.1. The first-order valence-electron chi connectivity index (χ1n) is 7.14. The Morgan fingerprint density at radius 1 is 1.15 bits per heavy atom. The van der Waals surface area contributed by atoms with E-state index in [-0.39, 0.29) is 11.8 Å². The van der Waals surface area contributed by atoms with E-state index in [0.29, 0.717) is 12.5 Å². The molecule has 0 saturated heterocycles. The van der Waals surface area contributed by atoms with Gasteiger partial charge in [0.1, 0.15) is 0 Å². The highest BCUT2D eigenvalue weighted by molar-refractivity contribution is 7.88. The average Bonchev–Trinajstić information content (AvgIpc) is 2.38. The molecule has 0 saturated carbocycles. The summed E-state index contributed by atoms with van der Waals surface area (Å²) in [6, 6.07) is 7.35. The minimum Gasteiger partial charge on any atom is -0.326 e. The summed E-state index contributed by atoms with van der Waals surface area (Å²) < 4.78 is 26.9. The van der Waals surface area contributed by atoms with Crippen LogP contribution >= 0.6 is 0 Å². The summed E-state index contributed by atoms with van der Waals surface area (Å²) in [6.45, 7) is 6.64. The fraction of sp³-hybridized carbons (Fsp3) is 0.600. The van der Waals surface area contributed by atoms with Crippen LogP contribution in [-0.4, -0.2) is 14.5 Å². The number of benzene rings is 1. The molecule has 3 N–H and O–H groups in total. The molecule has 0 aromatic heterocycles. The molecule has 0 aliphatic heterocycles. The van der Waals surface area contributed by atoms with Crippen molar-refractivity contribution in [1.29, 1.82) is 0 Å². The maximum atomic E-state index is 12.1. The van der Waals surface area contributed by atoms with Gasteiger partial charge in [0.25, 0.3) is 0 Å². The van der Waals surface area contributed by atoms with Crippen molar-refractivity contribution in [2.45, 2.75) is 52.0 Å². The molecule has 0 spiro atoms. The van der Waals surface area contributed by atoms with E-state index in [1.54, 1.807) is 0 Å². The fourth-order valence-electron chi connectivity index (χ4n) is 2.16. The molecule has 5 heteroatoms. The van der Waals surface area contributed by atoms with Gasteiger partial charge in [-0.1, -0.05) is 44.5 Å². The highest BCUT2D eigenvalue weighted by Crippen LogP contribution is 2.12. The summed E-state index contributed by atoms with van der Waals surface area (Å²) in [5.74, 6) is 0.541. The third-order valence-corrected chi connectivity index (χ3v) is 4.92. The van der Waals surface area contributed by atoms with Crippen molar-refractivity contribution in [2.24, 2.45) is 11.7 Å². The van der Waals surface area contributed by atoms with Crippen molar-refractivity contribution in [3.63, 3.8) is 0 Å². The SMILES string of the molecule is CCC(C)CC(C)NS(=O)(=O)Cc1ccc(CN)cc1. The number of nitrogens with two attached hydrogens (primary N) is 1. The van der Waals surface area contributed by atoms with Crippen LogP contribution < -0.4 is 10.5 Å². The van der Waals surface area contributed by atoms with Crippen LogP contribution in [0, 0.1) is 5.92 Å². The van der Waals surface area contributed by atoms with Gasteiger partial charge in [-0.3, -0.25) is 0 Å². The first-order valence-corrected chi connectivity index (χ1v) is 8.79. The van der Waals surface area contributed by atoms with Gasteiger partial charge in [0.2, 0.25) is 10.0 Å². The molecule has 0 amide bonds. The van der Waals surface area contributed by atoms with Gasteiger partial charge >= 0.3 is 0 Å². The molecule has 0 aliphatic rings. The summed E-state index contributed by atoms with van der Waals surface area (Å²) >= 11 is 0. The van der Waals surface area contributed by atoms with E-state index in [1.165, 1.54) is 0 Å². The standard InChI is InChI=1S/C15H26N2O2S/c1-4-12(2)9-13(3)17-20(18,19)11-15-7-5-14(10-16)6-8-15/h5-8,12-13,17H,4,9-11,16H2,1-3H3. The second-order valence-corrected chi connectivity index (χ2v) is 7.30. The Morgan fingerprint density at radius 2 is 1.70 bits per heavy atom. The van der Waals surface area contributed by atoms with E-state index in [4.69, 9.17) is 5.73 Å². The summed E-state index contributed by atoms with van der Waals surface area (Å²) in [5.41, 5.74) is 7.31. The first-order chi connectivity index (χ1) is 9.36. The Morgan fingerprint density at radius 3 is 2.20 bits per heavy atom. The van der Waals surface area contributed by atoms with Crippen LogP contribution in [0.1, 0.15) is 44.7 Å². The van der Waals surface area contributed by atoms with Crippen LogP contribution in [0.15, 0.2) is 24.3 Å². The lowest BCUT2D eigenvalue weighted by atomic mass is 10.0. The lowest BCUT2D eigenvalue weighted by molar-refractivity contribution is 0.445. The summed E-state index contributed by atoms with van der Waals surface area (Å²) in [5, 5.41) is 0. The predicted octanol–water partition coefficient (Wildman–Crippen LogP) is 2.39. The van der Waals surface area contributed by atoms with E-state index >= 15 is 0 Å². The predicted molar refractivity (Wildman–Crippen MR) is 83.6 cm³/mol. The van der Waals surface area contributed by atoms with E-state index in [0.717, 1.165) is 24.0 Å². The highest BCUT2D eigenvalue weighted by atomic mass is 32.2. The Labute approximate surface area is 122 Å². The van der Waals surface area contributed by atoms with Gasteiger partial charge < -0.3 is 5.73 Å². The largest absolute Gasteiger partial charge is 0.326 e. The van der Waals surface area contributed by atoms with Gasteiger partial charge in [-0.2, -0.15) is 0 Å². The lowest BCUT2D eigenvalue weighted by Gasteiger charge is -2.17. The molecule has 0 bridgehead atoms. The molecule has 1 rings (SSSR count). The van der Waals surface area contributed by atoms with Gasteiger partial charge in [-0.15, -0.1) is 0 Å². The van der Waals surface area contributed by atoms with E-state index in [9.17, 15) is 8.42 Å². The number of hydrogen-bond donors (Lipinski definition) is 2. The lowest BCUT2D eigenvalue weighted by Crippen LogP contribution is -2.34. The van der Waals surface area contributed by atoms with Crippen molar-refractivity contribution in [2.75, 3.05) is 0 Å². The Hall–Kier alpha value is -0.910. The maximum absolute atomic E-state index is 12.1. The molecule has 2 atom stereocenters. The molecule has 0 aliphatic carbocycles.